The molecule has 126 valence electrons. The summed E-state index contributed by atoms with van der Waals surface area (Å²) in [6, 6.07) is 10.2. The molecule has 0 amide bonds. The van der Waals surface area contributed by atoms with Crippen LogP contribution in [0, 0.1) is 5.92 Å². The maximum Gasteiger partial charge on any atom is 0.239 e. The molecular formula is C21H17N5. The van der Waals surface area contributed by atoms with E-state index in [1.54, 1.807) is 0 Å². The largest absolute Gasteiger partial charge is 0.246 e. The van der Waals surface area contributed by atoms with Gasteiger partial charge in [-0.25, -0.2) is 14.9 Å². The Labute approximate surface area is 151 Å². The summed E-state index contributed by atoms with van der Waals surface area (Å²) in [7, 11) is 0. The van der Waals surface area contributed by atoms with E-state index in [2.05, 4.69) is 58.6 Å². The Balaban J connectivity index is 1.64. The molecule has 0 N–H and O–H groups in total. The molecule has 3 aliphatic heterocycles. The van der Waals surface area contributed by atoms with Crippen molar-refractivity contribution in [2.75, 3.05) is 0 Å². The van der Waals surface area contributed by atoms with Crippen molar-refractivity contribution in [1.29, 1.82) is 0 Å². The zero-order valence-electron chi connectivity index (χ0n) is 14.4. The van der Waals surface area contributed by atoms with Crippen LogP contribution in [0.1, 0.15) is 18.9 Å². The maximum absolute atomic E-state index is 4.80. The Morgan fingerprint density at radius 2 is 1.77 bits per heavy atom. The summed E-state index contributed by atoms with van der Waals surface area (Å²) >= 11 is 0. The quantitative estimate of drug-likeness (QED) is 0.805. The minimum absolute atomic E-state index is 0.271. The summed E-state index contributed by atoms with van der Waals surface area (Å²) in [4.78, 5) is 20.5. The van der Waals surface area contributed by atoms with Crippen LogP contribution >= 0.6 is 0 Å². The van der Waals surface area contributed by atoms with Gasteiger partial charge in [0, 0.05) is 11.5 Å². The molecule has 0 spiro atoms. The molecule has 4 aliphatic rings. The highest BCUT2D eigenvalue weighted by Crippen LogP contribution is 2.31. The lowest BCUT2D eigenvalue weighted by atomic mass is 9.93. The lowest BCUT2D eigenvalue weighted by molar-refractivity contribution is 0.728. The van der Waals surface area contributed by atoms with Gasteiger partial charge in [0.15, 0.2) is 0 Å². The molecule has 0 saturated carbocycles. The van der Waals surface area contributed by atoms with Crippen molar-refractivity contribution < 1.29 is 0 Å². The molecule has 5 nitrogen and oxygen atoms in total. The molecule has 1 aromatic rings. The highest BCUT2D eigenvalue weighted by Gasteiger charge is 2.32. The number of hydrogen-bond acceptors (Lipinski definition) is 5. The Hall–Kier alpha value is -3.34. The Bertz CT molecular complexity index is 1020. The van der Waals surface area contributed by atoms with Crippen molar-refractivity contribution in [2.45, 2.75) is 13.3 Å². The minimum Gasteiger partial charge on any atom is -0.246 e. The molecule has 5 rings (SSSR count). The molecule has 0 saturated heterocycles. The van der Waals surface area contributed by atoms with Gasteiger partial charge in [0.1, 0.15) is 5.84 Å². The molecule has 0 fully saturated rings. The molecule has 1 atom stereocenters. The van der Waals surface area contributed by atoms with E-state index in [1.165, 1.54) is 0 Å². The lowest BCUT2D eigenvalue weighted by Gasteiger charge is -2.33. The average Bonchev–Trinajstić information content (AvgIpc) is 2.68. The van der Waals surface area contributed by atoms with Crippen LogP contribution in [0.25, 0.3) is 5.70 Å². The Kier molecular flexibility index (Phi) is 3.38. The fourth-order valence-corrected chi connectivity index (χ4v) is 3.38. The van der Waals surface area contributed by atoms with Crippen LogP contribution in [0.3, 0.4) is 0 Å². The standard InChI is InChI=1S/C21H17N5/c1-14-22-20-24-18(15-8-4-2-5-9-15)12-17-13-19(16-10-6-3-7-11-16)25-21(23-14)26(17)20/h2-10,12-13,16H,11H2,1H3. The number of amidine groups is 1. The first-order valence-corrected chi connectivity index (χ1v) is 8.71. The second-order valence-electron chi connectivity index (χ2n) is 6.47. The van der Waals surface area contributed by atoms with Gasteiger partial charge in [0.2, 0.25) is 11.9 Å². The molecule has 0 bridgehead atoms. The number of nitrogens with zero attached hydrogens (tertiary/aromatic N) is 5. The third kappa shape index (κ3) is 2.49. The third-order valence-corrected chi connectivity index (χ3v) is 4.64. The number of rotatable bonds is 2. The van der Waals surface area contributed by atoms with E-state index in [-0.39, 0.29) is 5.92 Å². The lowest BCUT2D eigenvalue weighted by Crippen LogP contribution is -2.42. The van der Waals surface area contributed by atoms with Gasteiger partial charge >= 0.3 is 0 Å². The summed E-state index contributed by atoms with van der Waals surface area (Å²) < 4.78 is 0. The zero-order valence-corrected chi connectivity index (χ0v) is 14.4. The molecule has 0 radical (unpaired) electrons. The first-order chi connectivity index (χ1) is 12.8. The third-order valence-electron chi connectivity index (χ3n) is 4.64. The Morgan fingerprint density at radius 3 is 2.58 bits per heavy atom. The van der Waals surface area contributed by atoms with E-state index in [0.29, 0.717) is 17.8 Å². The van der Waals surface area contributed by atoms with E-state index < -0.39 is 0 Å². The second-order valence-corrected chi connectivity index (χ2v) is 6.47. The van der Waals surface area contributed by atoms with Gasteiger partial charge in [-0.3, -0.25) is 0 Å². The van der Waals surface area contributed by atoms with Crippen molar-refractivity contribution in [1.82, 2.24) is 4.90 Å². The van der Waals surface area contributed by atoms with Gasteiger partial charge in [-0.05, 0) is 25.5 Å². The molecule has 3 heterocycles. The summed E-state index contributed by atoms with van der Waals surface area (Å²) in [6.45, 7) is 1.88. The van der Waals surface area contributed by atoms with Crippen molar-refractivity contribution >= 4 is 29.2 Å². The van der Waals surface area contributed by atoms with E-state index in [0.717, 1.165) is 29.1 Å². The summed E-state index contributed by atoms with van der Waals surface area (Å²) in [5, 5.41) is 0. The van der Waals surface area contributed by atoms with Gasteiger partial charge in [-0.15, -0.1) is 0 Å². The molecule has 1 aliphatic carbocycles. The highest BCUT2D eigenvalue weighted by atomic mass is 15.4. The fraction of sp³-hybridized carbons (Fsp3) is 0.143. The maximum atomic E-state index is 4.80. The first-order valence-electron chi connectivity index (χ1n) is 8.71. The van der Waals surface area contributed by atoms with E-state index in [9.17, 15) is 0 Å². The number of allylic oxidation sites excluding steroid dienone is 6. The fourth-order valence-electron chi connectivity index (χ4n) is 3.38. The van der Waals surface area contributed by atoms with Gasteiger partial charge in [0.25, 0.3) is 0 Å². The van der Waals surface area contributed by atoms with Crippen LogP contribution in [0.2, 0.25) is 0 Å². The van der Waals surface area contributed by atoms with Gasteiger partial charge < -0.3 is 0 Å². The predicted octanol–water partition coefficient (Wildman–Crippen LogP) is 3.96. The van der Waals surface area contributed by atoms with Crippen LogP contribution in [0.15, 0.2) is 92.5 Å². The molecule has 1 unspecified atom stereocenters. The molecular weight excluding hydrogens is 322 g/mol. The van der Waals surface area contributed by atoms with Crippen molar-refractivity contribution in [3.63, 3.8) is 0 Å². The monoisotopic (exact) mass is 339 g/mol. The molecule has 0 aromatic heterocycles. The Morgan fingerprint density at radius 1 is 0.923 bits per heavy atom. The van der Waals surface area contributed by atoms with Crippen LogP contribution in [0.5, 0.6) is 0 Å². The molecule has 26 heavy (non-hydrogen) atoms. The van der Waals surface area contributed by atoms with E-state index in [1.807, 2.05) is 30.0 Å². The number of aliphatic imine (C=N–C) groups is 4. The topological polar surface area (TPSA) is 52.7 Å². The number of hydrogen-bond donors (Lipinski definition) is 0. The van der Waals surface area contributed by atoms with Crippen LogP contribution in [-0.4, -0.2) is 28.4 Å². The minimum atomic E-state index is 0.271. The summed E-state index contributed by atoms with van der Waals surface area (Å²) in [5.41, 5.74) is 4.01. The van der Waals surface area contributed by atoms with E-state index >= 15 is 0 Å². The number of guanidine groups is 2. The van der Waals surface area contributed by atoms with Crippen molar-refractivity contribution in [2.24, 2.45) is 25.9 Å². The van der Waals surface area contributed by atoms with Crippen molar-refractivity contribution in [3.8, 4) is 0 Å². The summed E-state index contributed by atoms with van der Waals surface area (Å²) in [5.74, 6) is 2.22. The average molecular weight is 339 g/mol. The first kappa shape index (κ1) is 15.0. The SMILES string of the molecule is CC1=NC2=NC(c3ccccc3)=CC3=CC(C4C=CC=CC4)=NC(=N1)N32. The predicted molar refractivity (Wildman–Crippen MR) is 106 cm³/mol. The van der Waals surface area contributed by atoms with Gasteiger partial charge in [-0.2, -0.15) is 9.98 Å². The summed E-state index contributed by atoms with van der Waals surface area (Å²) in [6.07, 6.45) is 13.7. The molecule has 1 aromatic carbocycles. The number of benzene rings is 1. The van der Waals surface area contributed by atoms with Crippen LogP contribution in [0.4, 0.5) is 0 Å². The smallest absolute Gasteiger partial charge is 0.239 e. The van der Waals surface area contributed by atoms with Crippen LogP contribution < -0.4 is 0 Å². The second kappa shape index (κ2) is 5.88. The zero-order chi connectivity index (χ0) is 17.5. The van der Waals surface area contributed by atoms with Gasteiger partial charge in [0.05, 0.1) is 17.1 Å². The van der Waals surface area contributed by atoms with Crippen LogP contribution in [-0.2, 0) is 0 Å². The highest BCUT2D eigenvalue weighted by molar-refractivity contribution is 6.21. The molecule has 5 heteroatoms. The van der Waals surface area contributed by atoms with Gasteiger partial charge in [-0.1, -0.05) is 54.6 Å². The van der Waals surface area contributed by atoms with E-state index in [4.69, 9.17) is 9.98 Å². The normalized spacial score (nSPS) is 23.3. The van der Waals surface area contributed by atoms with Crippen molar-refractivity contribution in [3.05, 3.63) is 78.0 Å².